The molecule has 1 saturated heterocycles. The minimum absolute atomic E-state index is 0. The summed E-state index contributed by atoms with van der Waals surface area (Å²) in [7, 11) is -4.07. The van der Waals surface area contributed by atoms with E-state index in [0.717, 1.165) is 38.3 Å². The van der Waals surface area contributed by atoms with E-state index in [-0.39, 0.29) is 31.4 Å². The molecular weight excluding hydrogens is 416 g/mol. The van der Waals surface area contributed by atoms with E-state index in [0.29, 0.717) is 12.6 Å². The second-order valence-corrected chi connectivity index (χ2v) is 7.07. The van der Waals surface area contributed by atoms with Crippen LogP contribution in [0.3, 0.4) is 0 Å². The molecule has 1 aliphatic heterocycles. The van der Waals surface area contributed by atoms with E-state index >= 15 is 0 Å². The van der Waals surface area contributed by atoms with Gasteiger partial charge in [-0.25, -0.2) is 13.1 Å². The first-order valence-electron chi connectivity index (χ1n) is 7.28. The lowest BCUT2D eigenvalue weighted by atomic mass is 10.1. The Kier molecular flexibility index (Phi) is 9.87. The first-order chi connectivity index (χ1) is 11.2. The smallest absolute Gasteiger partial charge is 0.314 e. The number of hydrogen-bond donors (Lipinski definition) is 2. The molecule has 2 N–H and O–H groups in total. The molecule has 0 saturated carbocycles. The Hall–Kier alpha value is -1.09. The van der Waals surface area contributed by atoms with E-state index in [1.165, 1.54) is 6.07 Å². The van der Waals surface area contributed by atoms with Gasteiger partial charge in [-0.05, 0) is 18.2 Å². The van der Waals surface area contributed by atoms with Crippen LogP contribution in [0.5, 0.6) is 0 Å². The fraction of sp³-hybridized carbons (Fsp3) is 0.500. The lowest BCUT2D eigenvalue weighted by molar-refractivity contribution is -0.137. The lowest BCUT2D eigenvalue weighted by Crippen LogP contribution is -2.46. The number of benzene rings is 1. The molecule has 0 unspecified atom stereocenters. The van der Waals surface area contributed by atoms with Crippen molar-refractivity contribution in [1.29, 1.82) is 5.26 Å². The zero-order valence-corrected chi connectivity index (χ0v) is 16.0. The molecule has 148 valence electrons. The molecule has 1 aromatic rings. The van der Waals surface area contributed by atoms with E-state index in [1.807, 2.05) is 0 Å². The van der Waals surface area contributed by atoms with Crippen molar-refractivity contribution in [1.82, 2.24) is 14.9 Å². The maximum absolute atomic E-state index is 12.9. The highest BCUT2D eigenvalue weighted by molar-refractivity contribution is 7.89. The molecule has 2 rings (SSSR count). The van der Waals surface area contributed by atoms with Gasteiger partial charge in [-0.15, -0.1) is 24.8 Å². The molecule has 1 fully saturated rings. The van der Waals surface area contributed by atoms with Crippen molar-refractivity contribution in [3.05, 3.63) is 29.3 Å². The summed E-state index contributed by atoms with van der Waals surface area (Å²) >= 11 is 0. The van der Waals surface area contributed by atoms with E-state index in [1.54, 1.807) is 0 Å². The van der Waals surface area contributed by atoms with Crippen molar-refractivity contribution in [3.63, 3.8) is 0 Å². The molecule has 1 aromatic carbocycles. The number of nitriles is 1. The van der Waals surface area contributed by atoms with Gasteiger partial charge in [0.15, 0.2) is 0 Å². The van der Waals surface area contributed by atoms with Gasteiger partial charge in [0.1, 0.15) is 0 Å². The van der Waals surface area contributed by atoms with Crippen LogP contribution in [-0.4, -0.2) is 52.6 Å². The molecule has 12 heteroatoms. The molecule has 1 heterocycles. The number of sulfonamides is 1. The van der Waals surface area contributed by atoms with Crippen LogP contribution in [0.4, 0.5) is 13.2 Å². The summed E-state index contributed by atoms with van der Waals surface area (Å²) in [6.45, 7) is 3.79. The Morgan fingerprint density at radius 3 is 2.38 bits per heavy atom. The highest BCUT2D eigenvalue weighted by Crippen LogP contribution is 2.33. The van der Waals surface area contributed by atoms with Crippen LogP contribution in [0, 0.1) is 11.3 Å². The lowest BCUT2D eigenvalue weighted by Gasteiger charge is -2.27. The largest absolute Gasteiger partial charge is 0.417 e. The Morgan fingerprint density at radius 1 is 1.23 bits per heavy atom. The van der Waals surface area contributed by atoms with Gasteiger partial charge in [0.25, 0.3) is 0 Å². The average Bonchev–Trinajstić information content (AvgIpc) is 2.54. The molecular formula is C14H19Cl2F3N4O2S. The van der Waals surface area contributed by atoms with Crippen molar-refractivity contribution in [2.45, 2.75) is 11.1 Å². The third-order valence-corrected chi connectivity index (χ3v) is 5.12. The summed E-state index contributed by atoms with van der Waals surface area (Å²) in [6.07, 6.45) is -4.79. The summed E-state index contributed by atoms with van der Waals surface area (Å²) in [6, 6.07) is 3.78. The van der Waals surface area contributed by atoms with Crippen LogP contribution >= 0.6 is 24.8 Å². The monoisotopic (exact) mass is 434 g/mol. The van der Waals surface area contributed by atoms with Gasteiger partial charge in [-0.3, -0.25) is 4.90 Å². The fourth-order valence-electron chi connectivity index (χ4n) is 2.38. The van der Waals surface area contributed by atoms with Crippen LogP contribution in [0.1, 0.15) is 11.1 Å². The topological polar surface area (TPSA) is 85.2 Å². The summed E-state index contributed by atoms with van der Waals surface area (Å²) in [5.74, 6) is 0. The summed E-state index contributed by atoms with van der Waals surface area (Å²) < 4.78 is 65.4. The third-order valence-electron chi connectivity index (χ3n) is 3.66. The molecule has 0 aliphatic carbocycles. The third kappa shape index (κ3) is 6.57. The van der Waals surface area contributed by atoms with Crippen molar-refractivity contribution >= 4 is 34.8 Å². The first-order valence-corrected chi connectivity index (χ1v) is 8.76. The van der Waals surface area contributed by atoms with Crippen molar-refractivity contribution in [2.24, 2.45) is 0 Å². The highest BCUT2D eigenvalue weighted by atomic mass is 35.5. The molecule has 1 aliphatic rings. The van der Waals surface area contributed by atoms with Gasteiger partial charge in [0.05, 0.1) is 22.1 Å². The number of nitrogens with one attached hydrogen (secondary N) is 2. The van der Waals surface area contributed by atoms with Crippen LogP contribution in [0.15, 0.2) is 23.1 Å². The van der Waals surface area contributed by atoms with Crippen LogP contribution in [0.25, 0.3) is 0 Å². The minimum atomic E-state index is -4.79. The second-order valence-electron chi connectivity index (χ2n) is 5.31. The average molecular weight is 435 g/mol. The maximum Gasteiger partial charge on any atom is 0.417 e. The standard InChI is InChI=1S/C14H17F3N4O2S.2ClH/c15-14(16,17)13-9-12(2-1-11(13)10-18)24(22,23)20-5-8-21-6-3-19-4-7-21;;/h1-2,9,19-20H,3-8H2;2*1H. The number of halogens is 5. The summed E-state index contributed by atoms with van der Waals surface area (Å²) in [5, 5.41) is 11.9. The second kappa shape index (κ2) is 10.3. The maximum atomic E-state index is 12.9. The molecule has 0 spiro atoms. The number of alkyl halides is 3. The molecule has 0 amide bonds. The van der Waals surface area contributed by atoms with Gasteiger partial charge in [-0.2, -0.15) is 18.4 Å². The summed E-state index contributed by atoms with van der Waals surface area (Å²) in [5.41, 5.74) is -1.86. The van der Waals surface area contributed by atoms with Gasteiger partial charge in [0, 0.05) is 39.3 Å². The predicted octanol–water partition coefficient (Wildman–Crippen LogP) is 1.60. The van der Waals surface area contributed by atoms with E-state index < -0.39 is 32.2 Å². The van der Waals surface area contributed by atoms with E-state index in [9.17, 15) is 21.6 Å². The zero-order chi connectivity index (χ0) is 17.8. The zero-order valence-electron chi connectivity index (χ0n) is 13.5. The van der Waals surface area contributed by atoms with Crippen molar-refractivity contribution in [2.75, 3.05) is 39.3 Å². The normalized spacial score (nSPS) is 15.5. The number of piperazine rings is 1. The number of rotatable bonds is 5. The van der Waals surface area contributed by atoms with E-state index in [4.69, 9.17) is 5.26 Å². The Morgan fingerprint density at radius 2 is 1.85 bits per heavy atom. The molecule has 26 heavy (non-hydrogen) atoms. The Bertz CT molecular complexity index is 733. The highest BCUT2D eigenvalue weighted by Gasteiger charge is 2.35. The molecule has 0 atom stereocenters. The van der Waals surface area contributed by atoms with Crippen molar-refractivity contribution < 1.29 is 21.6 Å². The summed E-state index contributed by atoms with van der Waals surface area (Å²) in [4.78, 5) is 1.55. The van der Waals surface area contributed by atoms with E-state index in [2.05, 4.69) is 14.9 Å². The van der Waals surface area contributed by atoms with Crippen LogP contribution in [0.2, 0.25) is 0 Å². The molecule has 0 aromatic heterocycles. The molecule has 0 bridgehead atoms. The predicted molar refractivity (Wildman–Crippen MR) is 95.2 cm³/mol. The van der Waals surface area contributed by atoms with Crippen LogP contribution in [-0.2, 0) is 16.2 Å². The van der Waals surface area contributed by atoms with Crippen molar-refractivity contribution in [3.8, 4) is 6.07 Å². The Balaban J connectivity index is 0.00000312. The quantitative estimate of drug-likeness (QED) is 0.734. The minimum Gasteiger partial charge on any atom is -0.314 e. The molecule has 0 radical (unpaired) electrons. The first kappa shape index (κ1) is 24.9. The SMILES string of the molecule is Cl.Cl.N#Cc1ccc(S(=O)(=O)NCCN2CCNCC2)cc1C(F)(F)F. The molecule has 6 nitrogen and oxygen atoms in total. The number of nitrogens with zero attached hydrogens (tertiary/aromatic N) is 2. The Labute approximate surface area is 162 Å². The van der Waals surface area contributed by atoms with Gasteiger partial charge >= 0.3 is 6.18 Å². The fourth-order valence-corrected chi connectivity index (χ4v) is 3.43. The number of hydrogen-bond acceptors (Lipinski definition) is 5. The van der Waals surface area contributed by atoms with Gasteiger partial charge in [-0.1, -0.05) is 0 Å². The van der Waals surface area contributed by atoms with Gasteiger partial charge in [0.2, 0.25) is 10.0 Å². The van der Waals surface area contributed by atoms with Crippen LogP contribution < -0.4 is 10.0 Å². The van der Waals surface area contributed by atoms with Gasteiger partial charge < -0.3 is 5.32 Å².